The molecule has 0 saturated carbocycles. The van der Waals surface area contributed by atoms with E-state index in [1.54, 1.807) is 22.7 Å². The summed E-state index contributed by atoms with van der Waals surface area (Å²) >= 11 is 5.07. The summed E-state index contributed by atoms with van der Waals surface area (Å²) in [6, 6.07) is 4.35. The molecule has 3 nitrogen and oxygen atoms in total. The number of rotatable bonds is 5. The molecule has 1 unspecified atom stereocenters. The molecule has 0 amide bonds. The summed E-state index contributed by atoms with van der Waals surface area (Å²) in [6.45, 7) is 7.09. The first-order valence-electron chi connectivity index (χ1n) is 7.99. The van der Waals surface area contributed by atoms with E-state index in [0.29, 0.717) is 5.92 Å². The third-order valence-corrected chi connectivity index (χ3v) is 6.42. The van der Waals surface area contributed by atoms with E-state index in [-0.39, 0.29) is 6.04 Å². The van der Waals surface area contributed by atoms with Gasteiger partial charge in [0.1, 0.15) is 10.5 Å². The molecule has 0 aliphatic heterocycles. The Bertz CT molecular complexity index is 861. The number of hydrogen-bond donors (Lipinski definition) is 2. The normalized spacial score (nSPS) is 12.4. The highest BCUT2D eigenvalue weighted by molar-refractivity contribution is 7.24. The fraction of sp³-hybridized carbons (Fsp3) is 0.389. The van der Waals surface area contributed by atoms with E-state index >= 15 is 0 Å². The van der Waals surface area contributed by atoms with Gasteiger partial charge in [-0.3, -0.25) is 0 Å². The van der Waals surface area contributed by atoms with E-state index in [9.17, 15) is 0 Å². The van der Waals surface area contributed by atoms with Gasteiger partial charge in [-0.1, -0.05) is 31.8 Å². The first-order chi connectivity index (χ1) is 11.5. The summed E-state index contributed by atoms with van der Waals surface area (Å²) in [5.41, 5.74) is 8.13. The molecular weight excluding hydrogens is 354 g/mol. The van der Waals surface area contributed by atoms with Crippen LogP contribution in [0.4, 0.5) is 5.00 Å². The van der Waals surface area contributed by atoms with E-state index in [1.165, 1.54) is 26.0 Å². The molecule has 3 rings (SSSR count). The van der Waals surface area contributed by atoms with Crippen LogP contribution in [0.1, 0.15) is 36.1 Å². The van der Waals surface area contributed by atoms with Crippen molar-refractivity contribution in [3.05, 3.63) is 32.8 Å². The maximum Gasteiger partial charge on any atom is 0.127 e. The van der Waals surface area contributed by atoms with Crippen molar-refractivity contribution < 1.29 is 0 Å². The van der Waals surface area contributed by atoms with Crippen molar-refractivity contribution in [1.82, 2.24) is 4.37 Å². The van der Waals surface area contributed by atoms with Gasteiger partial charge >= 0.3 is 0 Å². The predicted molar refractivity (Wildman–Crippen MR) is 108 cm³/mol. The molecule has 1 atom stereocenters. The Morgan fingerprint density at radius 1 is 1.33 bits per heavy atom. The zero-order valence-corrected chi connectivity index (χ0v) is 16.5. The van der Waals surface area contributed by atoms with Crippen LogP contribution in [0.3, 0.4) is 0 Å². The SMILES string of the molecule is CC(C)C#Cc1c(CC(C)N)sc2c(NCc3cccs3)snc12. The van der Waals surface area contributed by atoms with Gasteiger partial charge in [0.15, 0.2) is 0 Å². The summed E-state index contributed by atoms with van der Waals surface area (Å²) in [7, 11) is 0. The molecule has 6 heteroatoms. The Balaban J connectivity index is 1.94. The van der Waals surface area contributed by atoms with Gasteiger partial charge < -0.3 is 11.1 Å². The van der Waals surface area contributed by atoms with Gasteiger partial charge in [0.2, 0.25) is 0 Å². The third kappa shape index (κ3) is 3.98. The topological polar surface area (TPSA) is 50.9 Å². The fourth-order valence-electron chi connectivity index (χ4n) is 2.32. The van der Waals surface area contributed by atoms with Crippen molar-refractivity contribution in [2.45, 2.75) is 39.8 Å². The average Bonchev–Trinajstić information content (AvgIpc) is 3.20. The Hall–Kier alpha value is -1.39. The highest BCUT2D eigenvalue weighted by atomic mass is 32.1. The van der Waals surface area contributed by atoms with Crippen molar-refractivity contribution >= 4 is 49.4 Å². The van der Waals surface area contributed by atoms with Crippen LogP contribution in [0.5, 0.6) is 0 Å². The van der Waals surface area contributed by atoms with E-state index in [4.69, 9.17) is 5.73 Å². The van der Waals surface area contributed by atoms with Crippen LogP contribution in [0, 0.1) is 17.8 Å². The Morgan fingerprint density at radius 3 is 2.83 bits per heavy atom. The second kappa shape index (κ2) is 7.66. The third-order valence-electron chi connectivity index (χ3n) is 3.39. The van der Waals surface area contributed by atoms with Gasteiger partial charge in [0.05, 0.1) is 16.8 Å². The summed E-state index contributed by atoms with van der Waals surface area (Å²) in [4.78, 5) is 2.58. The van der Waals surface area contributed by atoms with Crippen molar-refractivity contribution in [3.63, 3.8) is 0 Å². The average molecular weight is 376 g/mol. The Kier molecular flexibility index (Phi) is 5.57. The zero-order chi connectivity index (χ0) is 17.1. The van der Waals surface area contributed by atoms with Gasteiger partial charge in [-0.15, -0.1) is 22.7 Å². The van der Waals surface area contributed by atoms with Crippen LogP contribution in [-0.4, -0.2) is 10.4 Å². The lowest BCUT2D eigenvalue weighted by atomic mass is 10.1. The molecule has 3 aromatic rings. The largest absolute Gasteiger partial charge is 0.370 e. The lowest BCUT2D eigenvalue weighted by molar-refractivity contribution is 0.746. The van der Waals surface area contributed by atoms with Crippen LogP contribution in [0.2, 0.25) is 0 Å². The van der Waals surface area contributed by atoms with Gasteiger partial charge in [-0.2, -0.15) is 4.37 Å². The minimum atomic E-state index is 0.124. The molecule has 126 valence electrons. The minimum Gasteiger partial charge on any atom is -0.370 e. The van der Waals surface area contributed by atoms with E-state index in [0.717, 1.165) is 29.0 Å². The molecule has 0 aliphatic rings. The number of nitrogens with zero attached hydrogens (tertiary/aromatic N) is 1. The van der Waals surface area contributed by atoms with Crippen molar-refractivity contribution in [2.24, 2.45) is 11.7 Å². The molecule has 3 heterocycles. The molecule has 0 bridgehead atoms. The number of nitrogens with one attached hydrogen (secondary N) is 1. The van der Waals surface area contributed by atoms with Crippen LogP contribution in [0.15, 0.2) is 17.5 Å². The summed E-state index contributed by atoms with van der Waals surface area (Å²) in [5.74, 6) is 6.97. The summed E-state index contributed by atoms with van der Waals surface area (Å²) in [5, 5.41) is 6.76. The molecule has 24 heavy (non-hydrogen) atoms. The molecule has 3 N–H and O–H groups in total. The number of hydrogen-bond acceptors (Lipinski definition) is 6. The molecule has 0 aromatic carbocycles. The monoisotopic (exact) mass is 375 g/mol. The lowest BCUT2D eigenvalue weighted by Crippen LogP contribution is -2.17. The maximum atomic E-state index is 6.03. The van der Waals surface area contributed by atoms with Crippen molar-refractivity contribution in [2.75, 3.05) is 5.32 Å². The van der Waals surface area contributed by atoms with Crippen LogP contribution < -0.4 is 11.1 Å². The smallest absolute Gasteiger partial charge is 0.127 e. The molecular formula is C18H21N3S3. The maximum absolute atomic E-state index is 6.03. The summed E-state index contributed by atoms with van der Waals surface area (Å²) < 4.78 is 5.88. The van der Waals surface area contributed by atoms with Crippen LogP contribution in [-0.2, 0) is 13.0 Å². The number of thiophene rings is 2. The highest BCUT2D eigenvalue weighted by Crippen LogP contribution is 2.39. The van der Waals surface area contributed by atoms with Crippen molar-refractivity contribution in [3.8, 4) is 11.8 Å². The quantitative estimate of drug-likeness (QED) is 0.622. The first kappa shape index (κ1) is 17.4. The molecule has 0 saturated heterocycles. The minimum absolute atomic E-state index is 0.124. The molecule has 0 radical (unpaired) electrons. The van der Waals surface area contributed by atoms with Gasteiger partial charge in [0.25, 0.3) is 0 Å². The highest BCUT2D eigenvalue weighted by Gasteiger charge is 2.18. The number of anilines is 1. The van der Waals surface area contributed by atoms with Crippen LogP contribution >= 0.6 is 34.2 Å². The Morgan fingerprint density at radius 2 is 2.17 bits per heavy atom. The number of nitrogens with two attached hydrogens (primary N) is 1. The molecule has 0 fully saturated rings. The molecule has 0 spiro atoms. The zero-order valence-electron chi connectivity index (χ0n) is 14.1. The second-order valence-electron chi connectivity index (χ2n) is 6.13. The van der Waals surface area contributed by atoms with Crippen LogP contribution in [0.25, 0.3) is 10.2 Å². The first-order valence-corrected chi connectivity index (χ1v) is 10.5. The second-order valence-corrected chi connectivity index (χ2v) is 9.04. The number of aromatic nitrogens is 1. The Labute approximate surface area is 155 Å². The fourth-order valence-corrected chi connectivity index (χ4v) is 5.19. The molecule has 0 aliphatic carbocycles. The standard InChI is InChI=1S/C18H21N3S3/c1-11(2)6-7-14-15(9-12(3)19)23-17-16(14)21-24-18(17)20-10-13-5-4-8-22-13/h4-5,8,11-12,20H,9-10,19H2,1-3H3. The van der Waals surface area contributed by atoms with E-state index in [2.05, 4.69) is 52.9 Å². The lowest BCUT2D eigenvalue weighted by Gasteiger charge is -2.03. The predicted octanol–water partition coefficient (Wildman–Crippen LogP) is 4.93. The van der Waals surface area contributed by atoms with Gasteiger partial charge in [-0.05, 0) is 36.3 Å². The van der Waals surface area contributed by atoms with Crippen molar-refractivity contribution in [1.29, 1.82) is 0 Å². The summed E-state index contributed by atoms with van der Waals surface area (Å²) in [6.07, 6.45) is 0.845. The van der Waals surface area contributed by atoms with E-state index in [1.807, 2.05) is 6.92 Å². The molecule has 3 aromatic heterocycles. The van der Waals surface area contributed by atoms with Gasteiger partial charge in [0, 0.05) is 21.7 Å². The van der Waals surface area contributed by atoms with Gasteiger partial charge in [-0.25, -0.2) is 0 Å². The van der Waals surface area contributed by atoms with E-state index < -0.39 is 0 Å². The number of fused-ring (bicyclic) bond motifs is 1.